The van der Waals surface area contributed by atoms with Crippen LogP contribution < -0.4 is 10.6 Å². The minimum absolute atomic E-state index is 0.151. The summed E-state index contributed by atoms with van der Waals surface area (Å²) >= 11 is 2.21. The van der Waals surface area contributed by atoms with Gasteiger partial charge in [-0.1, -0.05) is 6.07 Å². The summed E-state index contributed by atoms with van der Waals surface area (Å²) in [7, 11) is 0. The number of hydrogen-bond donors (Lipinski definition) is 2. The van der Waals surface area contributed by atoms with E-state index < -0.39 is 0 Å². The number of urea groups is 1. The number of amides is 2. The molecule has 1 rings (SSSR count). The van der Waals surface area contributed by atoms with E-state index in [0.717, 1.165) is 9.26 Å². The van der Waals surface area contributed by atoms with E-state index in [1.54, 1.807) is 0 Å². The summed E-state index contributed by atoms with van der Waals surface area (Å²) in [5.41, 5.74) is 0.815. The van der Waals surface area contributed by atoms with Gasteiger partial charge in [0.25, 0.3) is 0 Å². The predicted octanol–water partition coefficient (Wildman–Crippen LogP) is 2.82. The number of carbonyl (C=O) groups excluding carboxylic acids is 1. The number of carbonyl (C=O) groups is 1. The number of benzene rings is 1. The first kappa shape index (κ1) is 11.3. The molecule has 0 aliphatic rings. The highest BCUT2D eigenvalue weighted by molar-refractivity contribution is 14.1. The highest BCUT2D eigenvalue weighted by Crippen LogP contribution is 2.11. The summed E-state index contributed by atoms with van der Waals surface area (Å²) in [6, 6.07) is 7.65. The molecule has 0 unspecified atom stereocenters. The van der Waals surface area contributed by atoms with Gasteiger partial charge < -0.3 is 10.6 Å². The van der Waals surface area contributed by atoms with Gasteiger partial charge in [0.2, 0.25) is 0 Å². The summed E-state index contributed by atoms with van der Waals surface area (Å²) in [5, 5.41) is 5.52. The molecule has 0 saturated heterocycles. The lowest BCUT2D eigenvalue weighted by atomic mass is 10.3. The molecule has 0 heterocycles. The zero-order valence-electron chi connectivity index (χ0n) is 8.17. The maximum atomic E-state index is 11.3. The molecule has 1 aromatic rings. The third-order valence-electron chi connectivity index (χ3n) is 1.50. The zero-order valence-corrected chi connectivity index (χ0v) is 10.3. The highest BCUT2D eigenvalue weighted by atomic mass is 127. The fraction of sp³-hybridized carbons (Fsp3) is 0.300. The molecule has 0 aromatic heterocycles. The Morgan fingerprint density at radius 3 is 2.71 bits per heavy atom. The zero-order chi connectivity index (χ0) is 10.6. The standard InChI is InChI=1S/C10H13IN2O/c1-7(2)12-10(14)13-9-5-3-4-8(11)6-9/h3-7H,1-2H3,(H2,12,13,14). The fourth-order valence-corrected chi connectivity index (χ4v) is 1.54. The Labute approximate surface area is 97.4 Å². The SMILES string of the molecule is CC(C)NC(=O)Nc1cccc(I)c1. The quantitative estimate of drug-likeness (QED) is 0.811. The fourth-order valence-electron chi connectivity index (χ4n) is 0.996. The van der Waals surface area contributed by atoms with Crippen LogP contribution in [0.4, 0.5) is 10.5 Å². The molecule has 0 saturated carbocycles. The van der Waals surface area contributed by atoms with Gasteiger partial charge >= 0.3 is 6.03 Å². The molecular formula is C10H13IN2O. The van der Waals surface area contributed by atoms with Crippen molar-refractivity contribution >= 4 is 34.3 Å². The smallest absolute Gasteiger partial charge is 0.319 e. The van der Waals surface area contributed by atoms with Crippen molar-refractivity contribution in [1.29, 1.82) is 0 Å². The Morgan fingerprint density at radius 1 is 1.43 bits per heavy atom. The molecule has 1 aromatic carbocycles. The van der Waals surface area contributed by atoms with Crippen LogP contribution in [0.5, 0.6) is 0 Å². The molecule has 2 amide bonds. The molecule has 0 spiro atoms. The van der Waals surface area contributed by atoms with Crippen molar-refractivity contribution in [3.8, 4) is 0 Å². The number of rotatable bonds is 2. The molecule has 3 nitrogen and oxygen atoms in total. The van der Waals surface area contributed by atoms with E-state index in [-0.39, 0.29) is 12.1 Å². The van der Waals surface area contributed by atoms with Crippen molar-refractivity contribution in [3.05, 3.63) is 27.8 Å². The Bertz CT molecular complexity index is 326. The van der Waals surface area contributed by atoms with Gasteiger partial charge in [0.1, 0.15) is 0 Å². The van der Waals surface area contributed by atoms with Gasteiger partial charge in [-0.3, -0.25) is 0 Å². The van der Waals surface area contributed by atoms with Crippen LogP contribution in [-0.2, 0) is 0 Å². The average molecular weight is 304 g/mol. The van der Waals surface area contributed by atoms with E-state index in [0.29, 0.717) is 0 Å². The third kappa shape index (κ3) is 3.95. The molecule has 76 valence electrons. The van der Waals surface area contributed by atoms with E-state index >= 15 is 0 Å². The van der Waals surface area contributed by atoms with E-state index in [1.165, 1.54) is 0 Å². The van der Waals surface area contributed by atoms with Gasteiger partial charge in [-0.25, -0.2) is 4.79 Å². The monoisotopic (exact) mass is 304 g/mol. The summed E-state index contributed by atoms with van der Waals surface area (Å²) in [6.45, 7) is 3.85. The third-order valence-corrected chi connectivity index (χ3v) is 2.17. The van der Waals surface area contributed by atoms with Crippen LogP contribution in [0, 0.1) is 3.57 Å². The minimum Gasteiger partial charge on any atom is -0.336 e. The van der Waals surface area contributed by atoms with Crippen molar-refractivity contribution in [1.82, 2.24) is 5.32 Å². The van der Waals surface area contributed by atoms with Gasteiger partial charge in [0, 0.05) is 15.3 Å². The lowest BCUT2D eigenvalue weighted by Crippen LogP contribution is -2.34. The molecule has 4 heteroatoms. The topological polar surface area (TPSA) is 41.1 Å². The van der Waals surface area contributed by atoms with E-state index in [2.05, 4.69) is 33.2 Å². The largest absolute Gasteiger partial charge is 0.336 e. The molecule has 0 aliphatic carbocycles. The maximum Gasteiger partial charge on any atom is 0.319 e. The molecule has 0 bridgehead atoms. The van der Waals surface area contributed by atoms with Crippen LogP contribution in [-0.4, -0.2) is 12.1 Å². The number of halogens is 1. The van der Waals surface area contributed by atoms with Crippen LogP contribution in [0.1, 0.15) is 13.8 Å². The Morgan fingerprint density at radius 2 is 2.14 bits per heavy atom. The van der Waals surface area contributed by atoms with Crippen LogP contribution >= 0.6 is 22.6 Å². The second kappa shape index (κ2) is 5.19. The first-order chi connectivity index (χ1) is 6.58. The summed E-state index contributed by atoms with van der Waals surface area (Å²) < 4.78 is 1.10. The summed E-state index contributed by atoms with van der Waals surface area (Å²) in [4.78, 5) is 11.3. The van der Waals surface area contributed by atoms with Crippen molar-refractivity contribution in [2.45, 2.75) is 19.9 Å². The first-order valence-corrected chi connectivity index (χ1v) is 5.49. The number of anilines is 1. The van der Waals surface area contributed by atoms with Crippen LogP contribution in [0.25, 0.3) is 0 Å². The molecule has 0 atom stereocenters. The Balaban J connectivity index is 2.56. The Kier molecular flexibility index (Phi) is 4.19. The van der Waals surface area contributed by atoms with Crippen molar-refractivity contribution in [3.63, 3.8) is 0 Å². The second-order valence-electron chi connectivity index (χ2n) is 3.26. The van der Waals surface area contributed by atoms with E-state index in [9.17, 15) is 4.79 Å². The molecule has 14 heavy (non-hydrogen) atoms. The van der Waals surface area contributed by atoms with Gasteiger partial charge in [-0.05, 0) is 54.6 Å². The predicted molar refractivity (Wildman–Crippen MR) is 66.4 cm³/mol. The summed E-state index contributed by atoms with van der Waals surface area (Å²) in [5.74, 6) is 0. The molecule has 2 N–H and O–H groups in total. The van der Waals surface area contributed by atoms with Gasteiger partial charge in [0.15, 0.2) is 0 Å². The molecule has 0 fully saturated rings. The van der Waals surface area contributed by atoms with Crippen molar-refractivity contribution in [2.24, 2.45) is 0 Å². The molecule has 0 aliphatic heterocycles. The van der Waals surface area contributed by atoms with Crippen molar-refractivity contribution in [2.75, 3.05) is 5.32 Å². The molecular weight excluding hydrogens is 291 g/mol. The minimum atomic E-state index is -0.165. The normalized spacial score (nSPS) is 10.0. The molecule has 0 radical (unpaired) electrons. The highest BCUT2D eigenvalue weighted by Gasteiger charge is 2.02. The maximum absolute atomic E-state index is 11.3. The Hall–Kier alpha value is -0.780. The second-order valence-corrected chi connectivity index (χ2v) is 4.51. The van der Waals surface area contributed by atoms with Crippen LogP contribution in [0.15, 0.2) is 24.3 Å². The lowest BCUT2D eigenvalue weighted by molar-refractivity contribution is 0.250. The van der Waals surface area contributed by atoms with Crippen molar-refractivity contribution < 1.29 is 4.79 Å². The van der Waals surface area contributed by atoms with Gasteiger partial charge in [-0.2, -0.15) is 0 Å². The van der Waals surface area contributed by atoms with E-state index in [4.69, 9.17) is 0 Å². The summed E-state index contributed by atoms with van der Waals surface area (Å²) in [6.07, 6.45) is 0. The van der Waals surface area contributed by atoms with Gasteiger partial charge in [-0.15, -0.1) is 0 Å². The van der Waals surface area contributed by atoms with E-state index in [1.807, 2.05) is 38.1 Å². The van der Waals surface area contributed by atoms with Gasteiger partial charge in [0.05, 0.1) is 0 Å². The van der Waals surface area contributed by atoms with Crippen LogP contribution in [0.2, 0.25) is 0 Å². The first-order valence-electron chi connectivity index (χ1n) is 4.41. The van der Waals surface area contributed by atoms with Crippen LogP contribution in [0.3, 0.4) is 0 Å². The number of hydrogen-bond acceptors (Lipinski definition) is 1. The average Bonchev–Trinajstić information content (AvgIpc) is 2.01. The lowest BCUT2D eigenvalue weighted by Gasteiger charge is -2.09. The number of nitrogens with one attached hydrogen (secondary N) is 2.